The van der Waals surface area contributed by atoms with Crippen LogP contribution >= 0.6 is 0 Å². The van der Waals surface area contributed by atoms with E-state index in [2.05, 4.69) is 10.0 Å². The number of nitrogens with one attached hydrogen (secondary N) is 2. The van der Waals surface area contributed by atoms with Gasteiger partial charge in [0, 0.05) is 15.0 Å². The molecule has 6 nitrogen and oxygen atoms in total. The van der Waals surface area contributed by atoms with Gasteiger partial charge in [-0.3, -0.25) is 9.59 Å². The fourth-order valence-corrected chi connectivity index (χ4v) is 6.06. The van der Waals surface area contributed by atoms with E-state index in [9.17, 15) is 18.0 Å². The number of fused-ring (bicyclic) bond motifs is 1. The van der Waals surface area contributed by atoms with E-state index in [4.69, 9.17) is 0 Å². The van der Waals surface area contributed by atoms with Gasteiger partial charge < -0.3 is 5.32 Å². The summed E-state index contributed by atoms with van der Waals surface area (Å²) in [7, 11) is -3.98. The molecule has 0 saturated carbocycles. The Kier molecular flexibility index (Phi) is 10.5. The summed E-state index contributed by atoms with van der Waals surface area (Å²) < 4.78 is 28.3. The number of aryl methyl sites for hydroxylation is 3. The van der Waals surface area contributed by atoms with Gasteiger partial charge in [-0.2, -0.15) is 0 Å². The number of hydrogen-bond acceptors (Lipinski definition) is 4. The fraction of sp³-hybridized carbons (Fsp3) is 0.314. The summed E-state index contributed by atoms with van der Waals surface area (Å²) in [6.07, 6.45) is 5.03. The van der Waals surface area contributed by atoms with E-state index in [0.29, 0.717) is 18.5 Å². The van der Waals surface area contributed by atoms with Crippen molar-refractivity contribution in [2.45, 2.75) is 70.1 Å². The number of amides is 2. The van der Waals surface area contributed by atoms with E-state index >= 15 is 0 Å². The summed E-state index contributed by atoms with van der Waals surface area (Å²) in [6.45, 7) is 6.53. The first kappa shape index (κ1) is 31.0. The molecule has 0 aromatic heterocycles. The molecule has 4 rings (SSSR count). The maximum Gasteiger partial charge on any atom is 0.264 e. The molecular weight excluding hydrogens is 544 g/mol. The number of carbonyl (C=O) groups excluding carboxylic acids is 2. The first-order valence-corrected chi connectivity index (χ1v) is 16.1. The molecule has 0 aliphatic heterocycles. The number of unbranched alkanes of at least 4 members (excludes halogenated alkanes) is 4. The second kappa shape index (κ2) is 14.3. The molecule has 0 spiro atoms. The smallest absolute Gasteiger partial charge is 0.264 e. The summed E-state index contributed by atoms with van der Waals surface area (Å²) in [4.78, 5) is 25.9. The Bertz CT molecular complexity index is 1660. The number of carbonyl (C=O) groups is 2. The van der Waals surface area contributed by atoms with Crippen molar-refractivity contribution < 1.29 is 20.9 Å². The Hall–Kier alpha value is -3.97. The molecule has 0 heterocycles. The third kappa shape index (κ3) is 8.29. The fourth-order valence-electron chi connectivity index (χ4n) is 5.04. The van der Waals surface area contributed by atoms with Crippen LogP contribution in [0.1, 0.15) is 79.9 Å². The van der Waals surface area contributed by atoms with Crippen LogP contribution in [0.25, 0.3) is 10.8 Å². The van der Waals surface area contributed by atoms with Crippen LogP contribution in [-0.4, -0.2) is 26.8 Å². The highest BCUT2D eigenvalue weighted by molar-refractivity contribution is 7.90. The highest BCUT2D eigenvalue weighted by atomic mass is 32.2. The largest absolute Gasteiger partial charge is 0.352 e. The van der Waals surface area contributed by atoms with Crippen molar-refractivity contribution in [2.75, 3.05) is 6.54 Å². The molecule has 1 unspecified atom stereocenters. The SMILES string of the molecule is Cc1ccc(S(=O)(=O)NC(=O)C(CCCCCCCNC(=O)c2ccc(C)c(C)c2)c2ccc3ccccc3c2)cc1.[HH].[HH]. The minimum Gasteiger partial charge on any atom is -0.352 e. The average Bonchev–Trinajstić information content (AvgIpc) is 2.97. The topological polar surface area (TPSA) is 92.3 Å². The number of sulfonamides is 1. The van der Waals surface area contributed by atoms with Gasteiger partial charge in [0.2, 0.25) is 5.91 Å². The molecule has 7 heteroatoms. The molecule has 0 saturated heterocycles. The Morgan fingerprint density at radius 1 is 0.738 bits per heavy atom. The van der Waals surface area contributed by atoms with Gasteiger partial charge in [-0.15, -0.1) is 0 Å². The lowest BCUT2D eigenvalue weighted by molar-refractivity contribution is -0.121. The van der Waals surface area contributed by atoms with Gasteiger partial charge in [0.25, 0.3) is 15.9 Å². The van der Waals surface area contributed by atoms with Gasteiger partial charge in [0.1, 0.15) is 0 Å². The predicted molar refractivity (Wildman–Crippen MR) is 173 cm³/mol. The molecule has 4 aromatic carbocycles. The molecule has 0 fully saturated rings. The average molecular weight is 589 g/mol. The van der Waals surface area contributed by atoms with Crippen LogP contribution < -0.4 is 10.0 Å². The summed E-state index contributed by atoms with van der Waals surface area (Å²) in [5.74, 6) is -1.16. The maximum absolute atomic E-state index is 13.4. The monoisotopic (exact) mass is 588 g/mol. The van der Waals surface area contributed by atoms with E-state index in [1.54, 1.807) is 12.1 Å². The molecule has 42 heavy (non-hydrogen) atoms. The first-order valence-electron chi connectivity index (χ1n) is 14.6. The van der Waals surface area contributed by atoms with Gasteiger partial charge in [0.05, 0.1) is 10.8 Å². The van der Waals surface area contributed by atoms with Gasteiger partial charge in [-0.1, -0.05) is 91.9 Å². The van der Waals surface area contributed by atoms with Gasteiger partial charge in [-0.05, 0) is 85.3 Å². The Morgan fingerprint density at radius 2 is 1.43 bits per heavy atom. The molecule has 4 aromatic rings. The van der Waals surface area contributed by atoms with Crippen LogP contribution in [0.15, 0.2) is 89.8 Å². The van der Waals surface area contributed by atoms with Crippen molar-refractivity contribution in [3.8, 4) is 0 Å². The molecule has 0 aliphatic rings. The lowest BCUT2D eigenvalue weighted by Crippen LogP contribution is -2.34. The molecule has 2 N–H and O–H groups in total. The summed E-state index contributed by atoms with van der Waals surface area (Å²) in [6, 6.07) is 26.0. The molecule has 224 valence electrons. The quantitative estimate of drug-likeness (QED) is 0.157. The van der Waals surface area contributed by atoms with Crippen molar-refractivity contribution in [3.05, 3.63) is 113 Å². The normalized spacial score (nSPS) is 12.2. The highest BCUT2D eigenvalue weighted by Crippen LogP contribution is 2.27. The van der Waals surface area contributed by atoms with E-state index in [0.717, 1.165) is 59.6 Å². The Morgan fingerprint density at radius 3 is 2.17 bits per heavy atom. The van der Waals surface area contributed by atoms with E-state index < -0.39 is 21.8 Å². The van der Waals surface area contributed by atoms with Gasteiger partial charge in [-0.25, -0.2) is 13.1 Å². The van der Waals surface area contributed by atoms with Crippen LogP contribution in [0.3, 0.4) is 0 Å². The standard InChI is InChI=1S/C35H40N2O4S.2H2/c1-25-14-20-32(21-15-25)42(40,41)37-35(39)33(30-19-18-28-11-8-9-12-29(28)24-30)13-7-5-4-6-10-22-36-34(38)31-17-16-26(2)27(3)23-31;;/h8-9,11-12,14-21,23-24,33H,4-7,10,13,22H2,1-3H3,(H,36,38)(H,37,39);2*1H. The van der Waals surface area contributed by atoms with Crippen molar-refractivity contribution in [2.24, 2.45) is 0 Å². The molecule has 1 atom stereocenters. The number of benzene rings is 4. The molecule has 0 bridgehead atoms. The lowest BCUT2D eigenvalue weighted by atomic mass is 9.91. The van der Waals surface area contributed by atoms with Crippen molar-refractivity contribution in [1.29, 1.82) is 0 Å². The minimum atomic E-state index is -3.98. The van der Waals surface area contributed by atoms with Crippen LogP contribution in [-0.2, 0) is 14.8 Å². The van der Waals surface area contributed by atoms with Crippen molar-refractivity contribution in [1.82, 2.24) is 10.0 Å². The second-order valence-electron chi connectivity index (χ2n) is 11.1. The summed E-state index contributed by atoms with van der Waals surface area (Å²) in [5.41, 5.74) is 4.70. The molecule has 0 aliphatic carbocycles. The van der Waals surface area contributed by atoms with Crippen LogP contribution in [0.5, 0.6) is 0 Å². The van der Waals surface area contributed by atoms with Crippen molar-refractivity contribution >= 4 is 32.6 Å². The Balaban J connectivity index is 0.00000337. The first-order chi connectivity index (χ1) is 20.1. The summed E-state index contributed by atoms with van der Waals surface area (Å²) >= 11 is 0. The van der Waals surface area contributed by atoms with E-state index in [1.807, 2.05) is 81.4 Å². The molecular formula is C35H44N2O4S. The van der Waals surface area contributed by atoms with Gasteiger partial charge >= 0.3 is 0 Å². The second-order valence-corrected chi connectivity index (χ2v) is 12.7. The molecule has 0 radical (unpaired) electrons. The number of hydrogen-bond donors (Lipinski definition) is 2. The van der Waals surface area contributed by atoms with Crippen LogP contribution in [0.4, 0.5) is 0 Å². The van der Waals surface area contributed by atoms with E-state index in [1.165, 1.54) is 17.7 Å². The lowest BCUT2D eigenvalue weighted by Gasteiger charge is -2.18. The highest BCUT2D eigenvalue weighted by Gasteiger charge is 2.26. The molecule has 2 amide bonds. The van der Waals surface area contributed by atoms with Crippen molar-refractivity contribution in [3.63, 3.8) is 0 Å². The zero-order valence-corrected chi connectivity index (χ0v) is 25.5. The zero-order valence-electron chi connectivity index (χ0n) is 24.7. The number of rotatable bonds is 13. The van der Waals surface area contributed by atoms with Crippen LogP contribution in [0.2, 0.25) is 0 Å². The Labute approximate surface area is 252 Å². The van der Waals surface area contributed by atoms with Crippen LogP contribution in [0, 0.1) is 20.8 Å². The zero-order chi connectivity index (χ0) is 30.1. The maximum atomic E-state index is 13.4. The predicted octanol–water partition coefficient (Wildman–Crippen LogP) is 7.62. The van der Waals surface area contributed by atoms with Gasteiger partial charge in [0.15, 0.2) is 0 Å². The third-order valence-electron chi connectivity index (χ3n) is 7.78. The van der Waals surface area contributed by atoms with E-state index in [-0.39, 0.29) is 13.7 Å². The minimum absolute atomic E-state index is 0. The third-order valence-corrected chi connectivity index (χ3v) is 9.15. The summed E-state index contributed by atoms with van der Waals surface area (Å²) in [5, 5.41) is 5.07.